The molecule has 1 aromatic heterocycles. The van der Waals surface area contributed by atoms with E-state index in [4.69, 9.17) is 9.47 Å². The second-order valence-corrected chi connectivity index (χ2v) is 5.76. The molecule has 0 radical (unpaired) electrons. The summed E-state index contributed by atoms with van der Waals surface area (Å²) in [5.74, 6) is 1.45. The second kappa shape index (κ2) is 8.56. The van der Waals surface area contributed by atoms with Crippen LogP contribution in [0.2, 0.25) is 0 Å². The second-order valence-electron chi connectivity index (χ2n) is 5.76. The van der Waals surface area contributed by atoms with Gasteiger partial charge >= 0.3 is 6.61 Å². The molecule has 2 N–H and O–H groups in total. The van der Waals surface area contributed by atoms with Gasteiger partial charge in [-0.3, -0.25) is 4.68 Å². The Bertz CT molecular complexity index is 810. The normalized spacial score (nSPS) is 13.1. The molecule has 0 fully saturated rings. The van der Waals surface area contributed by atoms with E-state index in [-0.39, 0.29) is 19.1 Å². The molecule has 2 aromatic rings. The van der Waals surface area contributed by atoms with Gasteiger partial charge < -0.3 is 24.8 Å². The monoisotopic (exact) mass is 381 g/mol. The van der Waals surface area contributed by atoms with Crippen LogP contribution in [0.4, 0.5) is 8.78 Å². The molecule has 0 spiro atoms. The summed E-state index contributed by atoms with van der Waals surface area (Å²) in [4.78, 5) is 4.47. The first kappa shape index (κ1) is 18.7. The van der Waals surface area contributed by atoms with Crippen molar-refractivity contribution in [2.75, 3.05) is 13.3 Å². The quantitative estimate of drug-likeness (QED) is 0.564. The molecule has 27 heavy (non-hydrogen) atoms. The third-order valence-corrected chi connectivity index (χ3v) is 3.74. The Labute approximate surface area is 155 Å². The fourth-order valence-corrected chi connectivity index (χ4v) is 2.55. The zero-order valence-electron chi connectivity index (χ0n) is 15.0. The minimum Gasteiger partial charge on any atom is -0.454 e. The van der Waals surface area contributed by atoms with Gasteiger partial charge in [-0.1, -0.05) is 0 Å². The SMILES string of the molecule is CCNC(=NCc1cnn(C)c1)NCc1cc2c(cc1OC(F)F)OCO2. The molecule has 0 aliphatic carbocycles. The van der Waals surface area contributed by atoms with Crippen molar-refractivity contribution in [2.24, 2.45) is 12.0 Å². The summed E-state index contributed by atoms with van der Waals surface area (Å²) in [5, 5.41) is 10.3. The summed E-state index contributed by atoms with van der Waals surface area (Å²) in [6.45, 7) is 0.363. The molecule has 0 saturated carbocycles. The van der Waals surface area contributed by atoms with Crippen molar-refractivity contribution in [2.45, 2.75) is 26.6 Å². The van der Waals surface area contributed by atoms with Crippen LogP contribution in [0, 0.1) is 0 Å². The van der Waals surface area contributed by atoms with Crippen molar-refractivity contribution >= 4 is 5.96 Å². The Morgan fingerprint density at radius 2 is 2.11 bits per heavy atom. The molecule has 1 aliphatic heterocycles. The lowest BCUT2D eigenvalue weighted by Gasteiger charge is -2.15. The highest BCUT2D eigenvalue weighted by Crippen LogP contribution is 2.38. The van der Waals surface area contributed by atoms with Crippen molar-refractivity contribution in [1.82, 2.24) is 20.4 Å². The highest BCUT2D eigenvalue weighted by molar-refractivity contribution is 5.79. The molecule has 0 saturated heterocycles. The third-order valence-electron chi connectivity index (χ3n) is 3.74. The van der Waals surface area contributed by atoms with E-state index in [9.17, 15) is 8.78 Å². The molecule has 3 rings (SSSR count). The molecular formula is C17H21F2N5O3. The lowest BCUT2D eigenvalue weighted by Crippen LogP contribution is -2.36. The highest BCUT2D eigenvalue weighted by atomic mass is 19.3. The van der Waals surface area contributed by atoms with E-state index in [1.54, 1.807) is 16.9 Å². The summed E-state index contributed by atoms with van der Waals surface area (Å²) in [7, 11) is 1.83. The number of guanidine groups is 1. The first-order chi connectivity index (χ1) is 13.0. The Morgan fingerprint density at radius 3 is 2.78 bits per heavy atom. The third kappa shape index (κ3) is 4.99. The fraction of sp³-hybridized carbons (Fsp3) is 0.412. The topological polar surface area (TPSA) is 81.9 Å². The summed E-state index contributed by atoms with van der Waals surface area (Å²) < 4.78 is 42.3. The maximum Gasteiger partial charge on any atom is 0.387 e. The van der Waals surface area contributed by atoms with E-state index < -0.39 is 6.61 Å². The molecule has 1 aromatic carbocycles. The maximum absolute atomic E-state index is 12.7. The summed E-state index contributed by atoms with van der Waals surface area (Å²) in [6, 6.07) is 3.03. The van der Waals surface area contributed by atoms with Crippen molar-refractivity contribution in [1.29, 1.82) is 0 Å². The molecule has 0 amide bonds. The van der Waals surface area contributed by atoms with Gasteiger partial charge in [0.1, 0.15) is 5.75 Å². The van der Waals surface area contributed by atoms with Gasteiger partial charge in [0.15, 0.2) is 17.5 Å². The first-order valence-electron chi connectivity index (χ1n) is 8.42. The Balaban J connectivity index is 1.72. The van der Waals surface area contributed by atoms with Crippen LogP contribution in [0.25, 0.3) is 0 Å². The predicted octanol–water partition coefficient (Wildman–Crippen LogP) is 2.01. The number of aliphatic imine (C=N–C) groups is 1. The van der Waals surface area contributed by atoms with Crippen molar-refractivity contribution in [3.8, 4) is 17.2 Å². The largest absolute Gasteiger partial charge is 0.454 e. The van der Waals surface area contributed by atoms with Crippen LogP contribution < -0.4 is 24.8 Å². The number of nitrogens with one attached hydrogen (secondary N) is 2. The standard InChI is InChI=1S/C17H21F2N5O3/c1-3-20-17(21-6-11-7-23-24(2)9-11)22-8-12-4-14-15(26-10-25-14)5-13(12)27-16(18)19/h4-5,7,9,16H,3,6,8,10H2,1-2H3,(H2,20,21,22). The van der Waals surface area contributed by atoms with E-state index >= 15 is 0 Å². The van der Waals surface area contributed by atoms with Gasteiger partial charge in [0, 0.05) is 43.5 Å². The minimum absolute atomic E-state index is 0.0323. The lowest BCUT2D eigenvalue weighted by atomic mass is 10.1. The number of ether oxygens (including phenoxy) is 3. The molecule has 0 atom stereocenters. The van der Waals surface area contributed by atoms with E-state index in [2.05, 4.69) is 25.5 Å². The fourth-order valence-electron chi connectivity index (χ4n) is 2.55. The number of benzene rings is 1. The van der Waals surface area contributed by atoms with Gasteiger partial charge in [0.2, 0.25) is 6.79 Å². The van der Waals surface area contributed by atoms with E-state index in [1.807, 2.05) is 20.2 Å². The number of aromatic nitrogens is 2. The number of fused-ring (bicyclic) bond motifs is 1. The van der Waals surface area contributed by atoms with E-state index in [0.29, 0.717) is 36.1 Å². The molecule has 0 unspecified atom stereocenters. The summed E-state index contributed by atoms with van der Waals surface area (Å²) in [6.07, 6.45) is 3.61. The molecule has 2 heterocycles. The number of nitrogens with zero attached hydrogens (tertiary/aromatic N) is 3. The highest BCUT2D eigenvalue weighted by Gasteiger charge is 2.20. The molecule has 0 bridgehead atoms. The molecular weight excluding hydrogens is 360 g/mol. The number of hydrogen-bond acceptors (Lipinski definition) is 5. The summed E-state index contributed by atoms with van der Waals surface area (Å²) in [5.41, 5.74) is 1.46. The Morgan fingerprint density at radius 1 is 1.33 bits per heavy atom. The Hall–Kier alpha value is -3.04. The molecule has 10 heteroatoms. The zero-order valence-corrected chi connectivity index (χ0v) is 15.0. The van der Waals surface area contributed by atoms with E-state index in [1.165, 1.54) is 6.07 Å². The molecule has 1 aliphatic rings. The molecule has 8 nitrogen and oxygen atoms in total. The van der Waals surface area contributed by atoms with Crippen LogP contribution in [-0.4, -0.2) is 35.7 Å². The van der Waals surface area contributed by atoms with Gasteiger partial charge in [-0.05, 0) is 13.0 Å². The van der Waals surface area contributed by atoms with E-state index in [0.717, 1.165) is 5.56 Å². The van der Waals surface area contributed by atoms with Crippen molar-refractivity contribution in [3.63, 3.8) is 0 Å². The first-order valence-corrected chi connectivity index (χ1v) is 8.42. The van der Waals surface area contributed by atoms with Crippen molar-refractivity contribution in [3.05, 3.63) is 35.7 Å². The number of aryl methyl sites for hydroxylation is 1. The minimum atomic E-state index is -2.93. The number of rotatable bonds is 7. The van der Waals surface area contributed by atoms with Gasteiger partial charge in [0.25, 0.3) is 0 Å². The number of alkyl halides is 2. The van der Waals surface area contributed by atoms with Gasteiger partial charge in [-0.2, -0.15) is 13.9 Å². The number of halogens is 2. The number of hydrogen-bond donors (Lipinski definition) is 2. The summed E-state index contributed by atoms with van der Waals surface area (Å²) >= 11 is 0. The molecule has 146 valence electrons. The van der Waals surface area contributed by atoms with Crippen LogP contribution in [0.5, 0.6) is 17.2 Å². The van der Waals surface area contributed by atoms with Crippen molar-refractivity contribution < 1.29 is 23.0 Å². The maximum atomic E-state index is 12.7. The average molecular weight is 381 g/mol. The average Bonchev–Trinajstić information content (AvgIpc) is 3.25. The van der Waals surface area contributed by atoms with Crippen LogP contribution in [-0.2, 0) is 20.1 Å². The van der Waals surface area contributed by atoms with Gasteiger partial charge in [0.05, 0.1) is 12.7 Å². The van der Waals surface area contributed by atoms with Gasteiger partial charge in [-0.15, -0.1) is 0 Å². The lowest BCUT2D eigenvalue weighted by molar-refractivity contribution is -0.0505. The van der Waals surface area contributed by atoms with Crippen LogP contribution in [0.3, 0.4) is 0 Å². The van der Waals surface area contributed by atoms with Gasteiger partial charge in [-0.25, -0.2) is 4.99 Å². The Kier molecular flexibility index (Phi) is 5.94. The smallest absolute Gasteiger partial charge is 0.387 e. The predicted molar refractivity (Wildman–Crippen MR) is 94.1 cm³/mol. The van der Waals surface area contributed by atoms with Crippen LogP contribution in [0.1, 0.15) is 18.1 Å². The zero-order chi connectivity index (χ0) is 19.2. The van der Waals surface area contributed by atoms with Crippen LogP contribution in [0.15, 0.2) is 29.5 Å². The van der Waals surface area contributed by atoms with Crippen LogP contribution >= 0.6 is 0 Å².